The van der Waals surface area contributed by atoms with Crippen molar-refractivity contribution in [3.63, 3.8) is 0 Å². The van der Waals surface area contributed by atoms with Crippen molar-refractivity contribution >= 4 is 0 Å². The van der Waals surface area contributed by atoms with Crippen LogP contribution in [-0.2, 0) is 0 Å². The summed E-state index contributed by atoms with van der Waals surface area (Å²) in [4.78, 5) is 0. The van der Waals surface area contributed by atoms with Crippen molar-refractivity contribution in [2.24, 2.45) is 40.4 Å². The molecule has 0 saturated heterocycles. The number of fused-ring (bicyclic) bond motifs is 5. The molecular formula is C23H35F3O2. The van der Waals surface area contributed by atoms with Crippen molar-refractivity contribution in [3.05, 3.63) is 11.6 Å². The van der Waals surface area contributed by atoms with E-state index in [1.54, 1.807) is 0 Å². The number of allylic oxidation sites excluding steroid dienone is 1. The molecule has 0 aromatic heterocycles. The third-order valence-corrected chi connectivity index (χ3v) is 9.74. The summed E-state index contributed by atoms with van der Waals surface area (Å²) in [6.45, 7) is 6.96. The van der Waals surface area contributed by atoms with Gasteiger partial charge in [0.1, 0.15) is 0 Å². The van der Waals surface area contributed by atoms with Crippen LogP contribution in [0.2, 0.25) is 0 Å². The summed E-state index contributed by atoms with van der Waals surface area (Å²) < 4.78 is 40.3. The van der Waals surface area contributed by atoms with E-state index in [4.69, 9.17) is 0 Å². The van der Waals surface area contributed by atoms with Gasteiger partial charge in [0.2, 0.25) is 0 Å². The van der Waals surface area contributed by atoms with Crippen molar-refractivity contribution in [2.75, 3.05) is 6.61 Å². The van der Waals surface area contributed by atoms with Gasteiger partial charge in [-0.15, -0.1) is 0 Å². The van der Waals surface area contributed by atoms with E-state index in [2.05, 4.69) is 26.8 Å². The number of rotatable bonds is 2. The number of hydrogen-bond acceptors (Lipinski definition) is 2. The van der Waals surface area contributed by atoms with E-state index in [-0.39, 0.29) is 30.3 Å². The monoisotopic (exact) mass is 400 g/mol. The molecule has 0 spiro atoms. The minimum Gasteiger partial charge on any atom is -0.396 e. The molecule has 4 rings (SSSR count). The summed E-state index contributed by atoms with van der Waals surface area (Å²) in [6, 6.07) is 0. The minimum atomic E-state index is -4.56. The summed E-state index contributed by atoms with van der Waals surface area (Å²) >= 11 is 0. The average molecular weight is 401 g/mol. The molecule has 3 saturated carbocycles. The quantitative estimate of drug-likeness (QED) is 0.602. The molecule has 4 aliphatic carbocycles. The van der Waals surface area contributed by atoms with Gasteiger partial charge in [-0.3, -0.25) is 0 Å². The maximum Gasteiger partial charge on any atom is 0.417 e. The molecule has 5 heteroatoms. The van der Waals surface area contributed by atoms with E-state index >= 15 is 0 Å². The lowest BCUT2D eigenvalue weighted by molar-refractivity contribution is -0.271. The van der Waals surface area contributed by atoms with Crippen LogP contribution in [0.5, 0.6) is 0 Å². The highest BCUT2D eigenvalue weighted by Crippen LogP contribution is 2.68. The van der Waals surface area contributed by atoms with Crippen molar-refractivity contribution in [1.82, 2.24) is 0 Å². The third-order valence-electron chi connectivity index (χ3n) is 9.74. The Labute approximate surface area is 166 Å². The Morgan fingerprint density at radius 3 is 2.46 bits per heavy atom. The molecule has 0 aliphatic heterocycles. The van der Waals surface area contributed by atoms with E-state index in [9.17, 15) is 23.4 Å². The lowest BCUT2D eigenvalue weighted by Crippen LogP contribution is -2.55. The molecular weight excluding hydrogens is 365 g/mol. The Morgan fingerprint density at radius 1 is 1.11 bits per heavy atom. The van der Waals surface area contributed by atoms with Crippen LogP contribution in [0.4, 0.5) is 13.2 Å². The Morgan fingerprint density at radius 2 is 1.82 bits per heavy atom. The minimum absolute atomic E-state index is 0.181. The van der Waals surface area contributed by atoms with Gasteiger partial charge in [-0.05, 0) is 85.4 Å². The largest absolute Gasteiger partial charge is 0.417 e. The van der Waals surface area contributed by atoms with Gasteiger partial charge in [0, 0.05) is 13.0 Å². The summed E-state index contributed by atoms with van der Waals surface area (Å²) in [5, 5.41) is 20.0. The summed E-state index contributed by atoms with van der Waals surface area (Å²) in [5.41, 5.74) is -1.67. The Hall–Kier alpha value is -0.550. The van der Waals surface area contributed by atoms with Crippen LogP contribution in [0.3, 0.4) is 0 Å². The second-order valence-corrected chi connectivity index (χ2v) is 10.9. The van der Waals surface area contributed by atoms with E-state index in [1.807, 2.05) is 0 Å². The highest BCUT2D eigenvalue weighted by Gasteiger charge is 2.63. The van der Waals surface area contributed by atoms with Gasteiger partial charge in [-0.25, -0.2) is 0 Å². The smallest absolute Gasteiger partial charge is 0.396 e. The standard InChI is InChI=1S/C23H35F3O2/c1-14(13-27)17-6-7-18-16-5-4-15-12-22(28,23(24,25)26)11-10-20(15,2)19(16)8-9-21(17,18)3/h4,14,16-19,27-28H,5-13H2,1-3H3/t14-,16+,17-,18+,19+,20+,21-,22+/m1/s1. The molecule has 0 aromatic rings. The molecule has 0 unspecified atom stereocenters. The second-order valence-electron chi connectivity index (χ2n) is 10.9. The topological polar surface area (TPSA) is 40.5 Å². The zero-order valence-electron chi connectivity index (χ0n) is 17.4. The predicted molar refractivity (Wildman–Crippen MR) is 102 cm³/mol. The molecule has 160 valence electrons. The number of hydrogen-bond donors (Lipinski definition) is 2. The van der Waals surface area contributed by atoms with Crippen LogP contribution in [0, 0.1) is 40.4 Å². The first-order valence-corrected chi connectivity index (χ1v) is 11.1. The summed E-state index contributed by atoms with van der Waals surface area (Å²) in [6.07, 6.45) is 2.86. The molecule has 0 heterocycles. The summed E-state index contributed by atoms with van der Waals surface area (Å²) in [7, 11) is 0. The van der Waals surface area contributed by atoms with Crippen LogP contribution in [-0.4, -0.2) is 28.6 Å². The van der Waals surface area contributed by atoms with E-state index < -0.39 is 11.8 Å². The zero-order chi connectivity index (χ0) is 20.5. The Bertz CT molecular complexity index is 659. The fourth-order valence-corrected chi connectivity index (χ4v) is 7.99. The number of alkyl halides is 3. The Balaban J connectivity index is 1.62. The number of aliphatic hydroxyl groups is 2. The fraction of sp³-hybridized carbons (Fsp3) is 0.913. The van der Waals surface area contributed by atoms with E-state index in [0.29, 0.717) is 36.0 Å². The lowest BCUT2D eigenvalue weighted by atomic mass is 9.46. The molecule has 0 radical (unpaired) electrons. The van der Waals surface area contributed by atoms with Gasteiger partial charge in [-0.2, -0.15) is 13.2 Å². The van der Waals surface area contributed by atoms with Crippen molar-refractivity contribution < 1.29 is 23.4 Å². The number of aliphatic hydroxyl groups excluding tert-OH is 1. The first-order chi connectivity index (χ1) is 13.0. The van der Waals surface area contributed by atoms with Gasteiger partial charge in [-0.1, -0.05) is 32.4 Å². The van der Waals surface area contributed by atoms with Crippen LogP contribution >= 0.6 is 0 Å². The molecule has 0 bridgehead atoms. The first-order valence-electron chi connectivity index (χ1n) is 11.1. The SMILES string of the molecule is C[C@H](CO)[C@H]1CC[C@H]2[C@@H]3CC=C4C[C@](O)(C(F)(F)F)CC[C@]4(C)[C@H]3CC[C@]12C. The molecule has 2 N–H and O–H groups in total. The molecule has 28 heavy (non-hydrogen) atoms. The maximum absolute atomic E-state index is 13.4. The van der Waals surface area contributed by atoms with Crippen molar-refractivity contribution in [3.8, 4) is 0 Å². The highest BCUT2D eigenvalue weighted by molar-refractivity contribution is 5.27. The molecule has 2 nitrogen and oxygen atoms in total. The van der Waals surface area contributed by atoms with Crippen LogP contribution in [0.15, 0.2) is 11.6 Å². The van der Waals surface area contributed by atoms with Crippen molar-refractivity contribution in [1.29, 1.82) is 0 Å². The average Bonchev–Trinajstić information content (AvgIpc) is 2.98. The molecule has 8 atom stereocenters. The van der Waals surface area contributed by atoms with Crippen LogP contribution in [0.25, 0.3) is 0 Å². The molecule has 0 amide bonds. The molecule has 4 aliphatic rings. The van der Waals surface area contributed by atoms with E-state index in [0.717, 1.165) is 31.3 Å². The third kappa shape index (κ3) is 2.74. The molecule has 3 fully saturated rings. The van der Waals surface area contributed by atoms with Gasteiger partial charge >= 0.3 is 6.18 Å². The summed E-state index contributed by atoms with van der Waals surface area (Å²) in [5.74, 6) is 2.41. The van der Waals surface area contributed by atoms with Gasteiger partial charge in [0.15, 0.2) is 5.60 Å². The predicted octanol–water partition coefficient (Wildman–Crippen LogP) is 5.49. The first kappa shape index (κ1) is 20.7. The highest BCUT2D eigenvalue weighted by atomic mass is 19.4. The maximum atomic E-state index is 13.4. The van der Waals surface area contributed by atoms with Crippen molar-refractivity contribution in [2.45, 2.75) is 83.9 Å². The van der Waals surface area contributed by atoms with E-state index in [1.165, 1.54) is 6.42 Å². The normalized spacial score (nSPS) is 49.6. The Kier molecular flexibility index (Phi) is 4.79. The zero-order valence-corrected chi connectivity index (χ0v) is 17.4. The second kappa shape index (κ2) is 6.47. The molecule has 0 aromatic carbocycles. The van der Waals surface area contributed by atoms with Crippen LogP contribution < -0.4 is 0 Å². The number of halogens is 3. The van der Waals surface area contributed by atoms with Gasteiger partial charge in [0.25, 0.3) is 0 Å². The lowest BCUT2D eigenvalue weighted by Gasteiger charge is -2.59. The van der Waals surface area contributed by atoms with Gasteiger partial charge < -0.3 is 10.2 Å². The fourth-order valence-electron chi connectivity index (χ4n) is 7.99. The van der Waals surface area contributed by atoms with Gasteiger partial charge in [0.05, 0.1) is 0 Å². The van der Waals surface area contributed by atoms with Crippen LogP contribution in [0.1, 0.15) is 72.1 Å².